The van der Waals surface area contributed by atoms with Crippen LogP contribution in [-0.2, 0) is 12.7 Å². The molecule has 172 valence electrons. The summed E-state index contributed by atoms with van der Waals surface area (Å²) in [5, 5.41) is 2.93. The van der Waals surface area contributed by atoms with E-state index in [1.54, 1.807) is 0 Å². The van der Waals surface area contributed by atoms with E-state index in [9.17, 15) is 18.0 Å². The summed E-state index contributed by atoms with van der Waals surface area (Å²) in [5.41, 5.74) is 0.836. The van der Waals surface area contributed by atoms with Crippen LogP contribution in [-0.4, -0.2) is 55.0 Å². The molecule has 1 amide bonds. The van der Waals surface area contributed by atoms with Crippen molar-refractivity contribution < 1.29 is 18.0 Å². The van der Waals surface area contributed by atoms with Crippen LogP contribution in [0.5, 0.6) is 0 Å². The number of halogens is 3. The van der Waals surface area contributed by atoms with Crippen LogP contribution >= 0.6 is 0 Å². The SMILES string of the molecule is CN(Cc1ccccc1)C[C@H]1CN2CC[C@H]1C[C@@H]2CNC(=O)c1ccc(C(F)(F)F)cc1. The van der Waals surface area contributed by atoms with Gasteiger partial charge in [0.2, 0.25) is 0 Å². The Morgan fingerprint density at radius 1 is 1.12 bits per heavy atom. The lowest BCUT2D eigenvalue weighted by Gasteiger charge is -2.50. The minimum Gasteiger partial charge on any atom is -0.350 e. The van der Waals surface area contributed by atoms with E-state index < -0.39 is 11.7 Å². The largest absolute Gasteiger partial charge is 0.416 e. The average molecular weight is 446 g/mol. The van der Waals surface area contributed by atoms with Crippen molar-refractivity contribution in [2.24, 2.45) is 11.8 Å². The van der Waals surface area contributed by atoms with Crippen LogP contribution in [0.2, 0.25) is 0 Å². The zero-order chi connectivity index (χ0) is 22.7. The molecule has 3 fully saturated rings. The molecule has 2 aromatic rings. The van der Waals surface area contributed by atoms with Crippen molar-refractivity contribution in [3.8, 4) is 0 Å². The fourth-order valence-corrected chi connectivity index (χ4v) is 5.15. The van der Waals surface area contributed by atoms with Crippen molar-refractivity contribution >= 4 is 5.91 Å². The summed E-state index contributed by atoms with van der Waals surface area (Å²) in [6.07, 6.45) is -2.15. The van der Waals surface area contributed by atoms with E-state index in [0.717, 1.165) is 44.7 Å². The van der Waals surface area contributed by atoms with Crippen molar-refractivity contribution in [3.63, 3.8) is 0 Å². The molecule has 1 unspecified atom stereocenters. The molecule has 0 saturated carbocycles. The van der Waals surface area contributed by atoms with Crippen molar-refractivity contribution in [2.45, 2.75) is 31.6 Å². The molecule has 0 spiro atoms. The van der Waals surface area contributed by atoms with Gasteiger partial charge in [-0.15, -0.1) is 0 Å². The molecule has 1 N–H and O–H groups in total. The van der Waals surface area contributed by atoms with E-state index in [-0.39, 0.29) is 11.5 Å². The molecule has 5 rings (SSSR count). The summed E-state index contributed by atoms with van der Waals surface area (Å²) in [5.74, 6) is 0.950. The van der Waals surface area contributed by atoms with Crippen LogP contribution < -0.4 is 5.32 Å². The number of benzene rings is 2. The Bertz CT molecular complexity index is 901. The highest BCUT2D eigenvalue weighted by Gasteiger charge is 2.40. The lowest BCUT2D eigenvalue weighted by molar-refractivity contribution is -0.137. The zero-order valence-corrected chi connectivity index (χ0v) is 18.3. The molecule has 7 heteroatoms. The van der Waals surface area contributed by atoms with Gasteiger partial charge in [0.25, 0.3) is 5.91 Å². The molecule has 0 aliphatic carbocycles. The molecule has 0 radical (unpaired) electrons. The van der Waals surface area contributed by atoms with Gasteiger partial charge in [0.15, 0.2) is 0 Å². The summed E-state index contributed by atoms with van der Waals surface area (Å²) < 4.78 is 38.1. The van der Waals surface area contributed by atoms with E-state index in [2.05, 4.69) is 46.4 Å². The first-order valence-electron chi connectivity index (χ1n) is 11.2. The number of nitrogens with one attached hydrogen (secondary N) is 1. The second-order valence-corrected chi connectivity index (χ2v) is 9.16. The Balaban J connectivity index is 1.26. The predicted octanol–water partition coefficient (Wildman–Crippen LogP) is 4.28. The quantitative estimate of drug-likeness (QED) is 0.691. The van der Waals surface area contributed by atoms with E-state index >= 15 is 0 Å². The predicted molar refractivity (Wildman–Crippen MR) is 118 cm³/mol. The molecular formula is C25H30F3N3O. The highest BCUT2D eigenvalue weighted by atomic mass is 19.4. The maximum Gasteiger partial charge on any atom is 0.416 e. The highest BCUT2D eigenvalue weighted by molar-refractivity contribution is 5.94. The van der Waals surface area contributed by atoms with Gasteiger partial charge < -0.3 is 10.2 Å². The molecule has 3 aliphatic heterocycles. The Morgan fingerprint density at radius 2 is 1.84 bits per heavy atom. The van der Waals surface area contributed by atoms with Crippen LogP contribution in [0.15, 0.2) is 54.6 Å². The Morgan fingerprint density at radius 3 is 2.47 bits per heavy atom. The van der Waals surface area contributed by atoms with Gasteiger partial charge in [0, 0.05) is 37.8 Å². The third-order valence-electron chi connectivity index (χ3n) is 6.83. The summed E-state index contributed by atoms with van der Waals surface area (Å²) in [6.45, 7) is 4.61. The minimum atomic E-state index is -4.39. The lowest BCUT2D eigenvalue weighted by atomic mass is 9.75. The molecule has 2 aromatic carbocycles. The Kier molecular flexibility index (Phi) is 6.86. The number of fused-ring (bicyclic) bond motifs is 3. The summed E-state index contributed by atoms with van der Waals surface area (Å²) in [6, 6.07) is 15.2. The first kappa shape index (κ1) is 22.8. The molecule has 4 atom stereocenters. The number of hydrogen-bond donors (Lipinski definition) is 1. The molecule has 32 heavy (non-hydrogen) atoms. The van der Waals surface area contributed by atoms with E-state index in [1.165, 1.54) is 24.1 Å². The summed E-state index contributed by atoms with van der Waals surface area (Å²) in [4.78, 5) is 17.3. The average Bonchev–Trinajstić information content (AvgIpc) is 2.78. The van der Waals surface area contributed by atoms with Gasteiger partial charge in [0.1, 0.15) is 0 Å². The monoisotopic (exact) mass is 445 g/mol. The topological polar surface area (TPSA) is 35.6 Å². The smallest absolute Gasteiger partial charge is 0.350 e. The number of carbonyl (C=O) groups excluding carboxylic acids is 1. The zero-order valence-electron chi connectivity index (χ0n) is 18.3. The van der Waals surface area contributed by atoms with Gasteiger partial charge in [-0.25, -0.2) is 0 Å². The van der Waals surface area contributed by atoms with Gasteiger partial charge in [-0.1, -0.05) is 30.3 Å². The first-order chi connectivity index (χ1) is 15.3. The van der Waals surface area contributed by atoms with Crippen molar-refractivity contribution in [1.82, 2.24) is 15.1 Å². The van der Waals surface area contributed by atoms with Crippen molar-refractivity contribution in [1.29, 1.82) is 0 Å². The highest BCUT2D eigenvalue weighted by Crippen LogP contribution is 2.36. The number of alkyl halides is 3. The number of piperidine rings is 3. The van der Waals surface area contributed by atoms with Crippen LogP contribution in [0.3, 0.4) is 0 Å². The van der Waals surface area contributed by atoms with Gasteiger partial charge in [-0.3, -0.25) is 9.69 Å². The maximum absolute atomic E-state index is 12.7. The number of carbonyl (C=O) groups is 1. The van der Waals surface area contributed by atoms with Crippen LogP contribution in [0.1, 0.15) is 34.3 Å². The van der Waals surface area contributed by atoms with E-state index in [1.807, 2.05) is 6.07 Å². The number of rotatable bonds is 7. The minimum absolute atomic E-state index is 0.259. The van der Waals surface area contributed by atoms with Crippen LogP contribution in [0.25, 0.3) is 0 Å². The second kappa shape index (κ2) is 9.63. The van der Waals surface area contributed by atoms with Gasteiger partial charge >= 0.3 is 6.18 Å². The molecule has 3 aliphatic rings. The van der Waals surface area contributed by atoms with Crippen LogP contribution in [0, 0.1) is 11.8 Å². The molecular weight excluding hydrogens is 415 g/mol. The Hall–Kier alpha value is -2.38. The molecule has 2 bridgehead atoms. The summed E-state index contributed by atoms with van der Waals surface area (Å²) >= 11 is 0. The number of hydrogen-bond acceptors (Lipinski definition) is 3. The number of nitrogens with zero attached hydrogens (tertiary/aromatic N) is 2. The van der Waals surface area contributed by atoms with Gasteiger partial charge in [-0.05, 0) is 68.1 Å². The lowest BCUT2D eigenvalue weighted by Crippen LogP contribution is -2.58. The third kappa shape index (κ3) is 5.51. The normalized spacial score (nSPS) is 25.2. The molecule has 3 saturated heterocycles. The molecule has 3 heterocycles. The fourth-order valence-electron chi connectivity index (χ4n) is 5.15. The molecule has 4 nitrogen and oxygen atoms in total. The first-order valence-corrected chi connectivity index (χ1v) is 11.2. The Labute approximate surface area is 187 Å². The third-order valence-corrected chi connectivity index (χ3v) is 6.83. The second-order valence-electron chi connectivity index (χ2n) is 9.16. The molecule has 0 aromatic heterocycles. The van der Waals surface area contributed by atoms with E-state index in [0.29, 0.717) is 24.4 Å². The van der Waals surface area contributed by atoms with Crippen molar-refractivity contribution in [3.05, 3.63) is 71.3 Å². The summed E-state index contributed by atoms with van der Waals surface area (Å²) in [7, 11) is 2.17. The van der Waals surface area contributed by atoms with Gasteiger partial charge in [-0.2, -0.15) is 13.2 Å². The number of amides is 1. The standard InChI is InChI=1S/C25H30F3N3O/c1-30(15-18-5-3-2-4-6-18)16-21-17-31-12-11-20(21)13-23(31)14-29-24(32)19-7-9-22(10-8-19)25(26,27)28/h2-10,20-21,23H,11-17H2,1H3,(H,29,32)/t20-,21-,23+/m0/s1. The van der Waals surface area contributed by atoms with Crippen LogP contribution in [0.4, 0.5) is 13.2 Å². The van der Waals surface area contributed by atoms with Crippen molar-refractivity contribution in [2.75, 3.05) is 33.2 Å². The maximum atomic E-state index is 12.7. The van der Waals surface area contributed by atoms with Gasteiger partial charge in [0.05, 0.1) is 5.56 Å². The fraction of sp³-hybridized carbons (Fsp3) is 0.480. The van der Waals surface area contributed by atoms with E-state index in [4.69, 9.17) is 0 Å².